The van der Waals surface area contributed by atoms with Crippen LogP contribution in [0.2, 0.25) is 5.15 Å². The molecule has 0 amide bonds. The highest BCUT2D eigenvalue weighted by Crippen LogP contribution is 2.20. The molecule has 0 aliphatic carbocycles. The fourth-order valence-corrected chi connectivity index (χ4v) is 1.39. The van der Waals surface area contributed by atoms with Gasteiger partial charge in [0.1, 0.15) is 11.0 Å². The number of aryl methyl sites for hydroxylation is 1. The minimum absolute atomic E-state index is 0.298. The third-order valence-electron chi connectivity index (χ3n) is 1.85. The maximum absolute atomic E-state index is 6.91. The summed E-state index contributed by atoms with van der Waals surface area (Å²) in [6.45, 7) is 8.80. The molecular formula is C10H7ClN4. The average Bonchev–Trinajstić information content (AvgIpc) is 2.64. The fourth-order valence-electron chi connectivity index (χ4n) is 1.19. The Hall–Kier alpha value is -1.86. The second-order valence-electron chi connectivity index (χ2n) is 3.02. The van der Waals surface area contributed by atoms with Gasteiger partial charge in [0.2, 0.25) is 0 Å². The van der Waals surface area contributed by atoms with Gasteiger partial charge in [-0.1, -0.05) is 11.6 Å². The first kappa shape index (κ1) is 9.69. The Morgan fingerprint density at radius 1 is 1.47 bits per heavy atom. The van der Waals surface area contributed by atoms with Gasteiger partial charge in [-0.3, -0.25) is 0 Å². The van der Waals surface area contributed by atoms with E-state index in [1.807, 2.05) is 13.0 Å². The van der Waals surface area contributed by atoms with Gasteiger partial charge in [-0.15, -0.1) is 0 Å². The van der Waals surface area contributed by atoms with Crippen molar-refractivity contribution in [2.75, 3.05) is 0 Å². The van der Waals surface area contributed by atoms with Gasteiger partial charge in [-0.05, 0) is 25.1 Å². The lowest BCUT2D eigenvalue weighted by Crippen LogP contribution is -1.98. The smallest absolute Gasteiger partial charge is 0.193 e. The predicted molar refractivity (Wildman–Crippen MR) is 57.4 cm³/mol. The molecule has 0 unspecified atom stereocenters. The van der Waals surface area contributed by atoms with E-state index in [0.717, 1.165) is 5.69 Å². The number of pyridine rings is 1. The molecule has 0 saturated heterocycles. The second kappa shape index (κ2) is 3.71. The van der Waals surface area contributed by atoms with Crippen LogP contribution in [0.25, 0.3) is 10.7 Å². The van der Waals surface area contributed by atoms with E-state index in [-0.39, 0.29) is 0 Å². The van der Waals surface area contributed by atoms with Crippen molar-refractivity contribution in [1.82, 2.24) is 14.8 Å². The zero-order valence-corrected chi connectivity index (χ0v) is 8.73. The number of hydrogen-bond donors (Lipinski definition) is 0. The first-order valence-electron chi connectivity index (χ1n) is 4.27. The third-order valence-corrected chi connectivity index (χ3v) is 2.05. The lowest BCUT2D eigenvalue weighted by atomic mass is 10.4. The Labute approximate surface area is 92.0 Å². The van der Waals surface area contributed by atoms with Crippen molar-refractivity contribution >= 4 is 17.3 Å². The third kappa shape index (κ3) is 1.97. The molecule has 2 heterocycles. The first-order chi connectivity index (χ1) is 7.19. The predicted octanol–water partition coefficient (Wildman–Crippen LogP) is 2.78. The molecule has 0 N–H and O–H groups in total. The number of hydrogen-bond acceptors (Lipinski definition) is 2. The van der Waals surface area contributed by atoms with E-state index in [9.17, 15) is 0 Å². The first-order valence-corrected chi connectivity index (χ1v) is 4.64. The van der Waals surface area contributed by atoms with Gasteiger partial charge in [-0.2, -0.15) is 5.10 Å². The van der Waals surface area contributed by atoms with E-state index in [2.05, 4.69) is 14.9 Å². The van der Waals surface area contributed by atoms with E-state index < -0.39 is 0 Å². The highest BCUT2D eigenvalue weighted by Gasteiger charge is 2.03. The van der Waals surface area contributed by atoms with Gasteiger partial charge in [0, 0.05) is 6.20 Å². The van der Waals surface area contributed by atoms with Crippen molar-refractivity contribution in [3.05, 3.63) is 46.7 Å². The Balaban J connectivity index is 2.54. The Kier molecular flexibility index (Phi) is 2.40. The lowest BCUT2D eigenvalue weighted by Gasteiger charge is -2.01. The normalized spacial score (nSPS) is 9.93. The van der Waals surface area contributed by atoms with Crippen LogP contribution in [0.1, 0.15) is 5.69 Å². The summed E-state index contributed by atoms with van der Waals surface area (Å²) in [4.78, 5) is 7.40. The molecule has 0 fully saturated rings. The van der Waals surface area contributed by atoms with Gasteiger partial charge >= 0.3 is 0 Å². The molecule has 0 saturated carbocycles. The molecule has 0 aliphatic rings. The van der Waals surface area contributed by atoms with Crippen molar-refractivity contribution in [2.45, 2.75) is 6.92 Å². The molecule has 5 heteroatoms. The Morgan fingerprint density at radius 3 is 2.87 bits per heavy atom. The van der Waals surface area contributed by atoms with Crippen LogP contribution in [0.3, 0.4) is 0 Å². The van der Waals surface area contributed by atoms with Crippen molar-refractivity contribution in [2.24, 2.45) is 0 Å². The second-order valence-corrected chi connectivity index (χ2v) is 3.41. The summed E-state index contributed by atoms with van der Waals surface area (Å²) >= 11 is 5.79. The summed E-state index contributed by atoms with van der Waals surface area (Å²) < 4.78 is 1.59. The topological polar surface area (TPSA) is 35.1 Å². The molecule has 74 valence electrons. The summed E-state index contributed by atoms with van der Waals surface area (Å²) in [5.41, 5.74) is 1.35. The van der Waals surface area contributed by atoms with Gasteiger partial charge < -0.3 is 0 Å². The van der Waals surface area contributed by atoms with E-state index in [1.165, 1.54) is 6.07 Å². The highest BCUT2D eigenvalue weighted by atomic mass is 35.5. The fraction of sp³-hybridized carbons (Fsp3) is 0.100. The average molecular weight is 219 g/mol. The van der Waals surface area contributed by atoms with Crippen LogP contribution >= 0.6 is 11.6 Å². The molecule has 2 aromatic rings. The van der Waals surface area contributed by atoms with Crippen molar-refractivity contribution in [1.29, 1.82) is 0 Å². The van der Waals surface area contributed by atoms with Crippen LogP contribution in [-0.2, 0) is 0 Å². The maximum Gasteiger partial charge on any atom is 0.193 e. The number of aromatic nitrogens is 3. The number of nitrogens with zero attached hydrogens (tertiary/aromatic N) is 4. The number of rotatable bonds is 1. The summed E-state index contributed by atoms with van der Waals surface area (Å²) in [7, 11) is 0. The molecule has 0 atom stereocenters. The van der Waals surface area contributed by atoms with Gasteiger partial charge in [-0.25, -0.2) is 14.5 Å². The van der Waals surface area contributed by atoms with Gasteiger partial charge in [0.25, 0.3) is 0 Å². The van der Waals surface area contributed by atoms with Crippen molar-refractivity contribution in [3.63, 3.8) is 0 Å². The standard InChI is InChI=1S/C10H7ClN4/c1-7-3-4-15(14-7)10-6-8(12-2)5-9(11)13-10/h3-6H,1H3. The van der Waals surface area contributed by atoms with Crippen LogP contribution in [0.5, 0.6) is 0 Å². The Bertz CT molecular complexity index is 539. The van der Waals surface area contributed by atoms with E-state index >= 15 is 0 Å². The molecular weight excluding hydrogens is 212 g/mol. The summed E-state index contributed by atoms with van der Waals surface area (Å²) in [6, 6.07) is 5.03. The van der Waals surface area contributed by atoms with E-state index in [4.69, 9.17) is 18.2 Å². The monoisotopic (exact) mass is 218 g/mol. The summed E-state index contributed by atoms with van der Waals surface area (Å²) in [5, 5.41) is 4.49. The van der Waals surface area contributed by atoms with Crippen LogP contribution in [-0.4, -0.2) is 14.8 Å². The molecule has 0 radical (unpaired) electrons. The molecule has 0 aromatic carbocycles. The van der Waals surface area contributed by atoms with Crippen LogP contribution < -0.4 is 0 Å². The van der Waals surface area contributed by atoms with E-state index in [1.54, 1.807) is 16.9 Å². The van der Waals surface area contributed by atoms with Gasteiger partial charge in [0.05, 0.1) is 12.3 Å². The minimum atomic E-state index is 0.298. The van der Waals surface area contributed by atoms with Crippen LogP contribution in [0.4, 0.5) is 5.69 Å². The largest absolute Gasteiger partial charge is 0.238 e. The molecule has 2 rings (SSSR count). The summed E-state index contributed by atoms with van der Waals surface area (Å²) in [6.07, 6.45) is 1.78. The van der Waals surface area contributed by atoms with Crippen LogP contribution in [0.15, 0.2) is 24.4 Å². The Morgan fingerprint density at radius 2 is 2.27 bits per heavy atom. The number of halogens is 1. The highest BCUT2D eigenvalue weighted by molar-refractivity contribution is 6.29. The molecule has 2 aromatic heterocycles. The lowest BCUT2D eigenvalue weighted by molar-refractivity contribution is 0.833. The zero-order chi connectivity index (χ0) is 10.8. The van der Waals surface area contributed by atoms with Crippen LogP contribution in [0, 0.1) is 13.5 Å². The quantitative estimate of drug-likeness (QED) is 0.545. The molecule has 0 aliphatic heterocycles. The van der Waals surface area contributed by atoms with Crippen molar-refractivity contribution < 1.29 is 0 Å². The molecule has 4 nitrogen and oxygen atoms in total. The maximum atomic E-state index is 6.91. The zero-order valence-electron chi connectivity index (χ0n) is 7.98. The minimum Gasteiger partial charge on any atom is -0.238 e. The van der Waals surface area contributed by atoms with Gasteiger partial charge in [0.15, 0.2) is 5.69 Å². The van der Waals surface area contributed by atoms with E-state index in [0.29, 0.717) is 16.7 Å². The molecule has 15 heavy (non-hydrogen) atoms. The molecule has 0 spiro atoms. The van der Waals surface area contributed by atoms with Crippen molar-refractivity contribution in [3.8, 4) is 5.82 Å². The molecule has 0 bridgehead atoms. The SMILES string of the molecule is [C-]#[N+]c1cc(Cl)nc(-n2ccc(C)n2)c1. The summed E-state index contributed by atoms with van der Waals surface area (Å²) in [5.74, 6) is 0.557.